The van der Waals surface area contributed by atoms with Crippen molar-refractivity contribution in [3.05, 3.63) is 17.7 Å². The van der Waals surface area contributed by atoms with Crippen LogP contribution >= 0.6 is 0 Å². The standard InChI is InChI=1S/C9H13N2O/c1-2-7-6-11-4-3-8(12)5-9(11)10-7/h8,12H,2-5H2,1H3. The molecule has 1 aliphatic rings. The zero-order valence-corrected chi connectivity index (χ0v) is 7.25. The molecule has 2 rings (SSSR count). The van der Waals surface area contributed by atoms with Crippen LogP contribution in [0.3, 0.4) is 0 Å². The minimum absolute atomic E-state index is 0.196. The molecule has 12 heavy (non-hydrogen) atoms. The number of aliphatic hydroxyl groups is 1. The van der Waals surface area contributed by atoms with Crippen LogP contribution < -0.4 is 0 Å². The van der Waals surface area contributed by atoms with Crippen molar-refractivity contribution in [3.8, 4) is 0 Å². The minimum atomic E-state index is -0.196. The van der Waals surface area contributed by atoms with Gasteiger partial charge in [-0.3, -0.25) is 0 Å². The Hall–Kier alpha value is -0.830. The Morgan fingerprint density at radius 3 is 3.33 bits per heavy atom. The summed E-state index contributed by atoms with van der Waals surface area (Å²) in [6, 6.07) is 0. The lowest BCUT2D eigenvalue weighted by atomic mass is 10.1. The van der Waals surface area contributed by atoms with Gasteiger partial charge in [-0.15, -0.1) is 0 Å². The molecule has 1 aromatic rings. The average molecular weight is 165 g/mol. The van der Waals surface area contributed by atoms with E-state index in [1.165, 1.54) is 0 Å². The molecule has 0 amide bonds. The quantitative estimate of drug-likeness (QED) is 0.660. The van der Waals surface area contributed by atoms with Crippen LogP contribution in [0.25, 0.3) is 0 Å². The van der Waals surface area contributed by atoms with E-state index in [4.69, 9.17) is 0 Å². The molecule has 0 aromatic carbocycles. The van der Waals surface area contributed by atoms with Crippen molar-refractivity contribution in [2.75, 3.05) is 0 Å². The maximum absolute atomic E-state index is 9.37. The largest absolute Gasteiger partial charge is 0.393 e. The van der Waals surface area contributed by atoms with Gasteiger partial charge >= 0.3 is 0 Å². The van der Waals surface area contributed by atoms with Crippen molar-refractivity contribution >= 4 is 0 Å². The molecule has 65 valence electrons. The van der Waals surface area contributed by atoms with Crippen LogP contribution in [0.2, 0.25) is 0 Å². The van der Waals surface area contributed by atoms with Crippen LogP contribution in [-0.2, 0) is 19.4 Å². The molecule has 1 aromatic heterocycles. The van der Waals surface area contributed by atoms with E-state index >= 15 is 0 Å². The van der Waals surface area contributed by atoms with Gasteiger partial charge in [0, 0.05) is 13.0 Å². The van der Waals surface area contributed by atoms with Crippen LogP contribution in [0, 0.1) is 6.20 Å². The van der Waals surface area contributed by atoms with Gasteiger partial charge in [0.1, 0.15) is 5.82 Å². The van der Waals surface area contributed by atoms with E-state index < -0.39 is 0 Å². The van der Waals surface area contributed by atoms with Crippen molar-refractivity contribution in [2.24, 2.45) is 0 Å². The van der Waals surface area contributed by atoms with Crippen LogP contribution in [0.1, 0.15) is 24.9 Å². The summed E-state index contributed by atoms with van der Waals surface area (Å²) >= 11 is 0. The fourth-order valence-corrected chi connectivity index (χ4v) is 1.55. The lowest BCUT2D eigenvalue weighted by Crippen LogP contribution is -2.22. The zero-order valence-electron chi connectivity index (χ0n) is 7.25. The monoisotopic (exact) mass is 165 g/mol. The molecule has 1 N–H and O–H groups in total. The number of aryl methyl sites for hydroxylation is 2. The Labute approximate surface area is 72.0 Å². The number of nitrogens with zero attached hydrogens (tertiary/aromatic N) is 2. The third kappa shape index (κ3) is 1.25. The summed E-state index contributed by atoms with van der Waals surface area (Å²) in [5, 5.41) is 9.37. The van der Waals surface area contributed by atoms with E-state index in [0.29, 0.717) is 6.42 Å². The van der Waals surface area contributed by atoms with Crippen molar-refractivity contribution < 1.29 is 5.11 Å². The molecular weight excluding hydrogens is 152 g/mol. The van der Waals surface area contributed by atoms with Gasteiger partial charge in [0.2, 0.25) is 0 Å². The first kappa shape index (κ1) is 7.80. The van der Waals surface area contributed by atoms with E-state index in [1.807, 2.05) is 4.57 Å². The molecule has 1 radical (unpaired) electrons. The van der Waals surface area contributed by atoms with Gasteiger partial charge in [-0.05, 0) is 12.8 Å². The fraction of sp³-hybridized carbons (Fsp3) is 0.667. The molecule has 0 fully saturated rings. The SMILES string of the molecule is CCc1[c]n2c(n1)CC(O)CC2. The molecule has 0 bridgehead atoms. The van der Waals surface area contributed by atoms with Gasteiger partial charge in [-0.1, -0.05) is 6.92 Å². The Balaban J connectivity index is 2.28. The van der Waals surface area contributed by atoms with Crippen LogP contribution in [-0.4, -0.2) is 20.8 Å². The van der Waals surface area contributed by atoms with Crippen LogP contribution in [0.15, 0.2) is 0 Å². The van der Waals surface area contributed by atoms with Crippen LogP contribution in [0.5, 0.6) is 0 Å². The summed E-state index contributed by atoms with van der Waals surface area (Å²) in [5.41, 5.74) is 1.01. The number of fused-ring (bicyclic) bond motifs is 1. The average Bonchev–Trinajstić information content (AvgIpc) is 2.46. The number of aliphatic hydroxyl groups excluding tert-OH is 1. The number of rotatable bonds is 1. The molecule has 0 saturated heterocycles. The van der Waals surface area contributed by atoms with Crippen LogP contribution in [0.4, 0.5) is 0 Å². The summed E-state index contributed by atoms with van der Waals surface area (Å²) in [5.74, 6) is 0.991. The molecule has 0 saturated carbocycles. The van der Waals surface area contributed by atoms with Gasteiger partial charge < -0.3 is 9.67 Å². The predicted molar refractivity (Wildman–Crippen MR) is 44.8 cm³/mol. The van der Waals surface area contributed by atoms with Crippen molar-refractivity contribution in [1.82, 2.24) is 9.55 Å². The Bertz CT molecular complexity index is 280. The van der Waals surface area contributed by atoms with E-state index in [9.17, 15) is 5.11 Å². The van der Waals surface area contributed by atoms with Gasteiger partial charge in [0.15, 0.2) is 0 Å². The zero-order chi connectivity index (χ0) is 8.55. The topological polar surface area (TPSA) is 38.0 Å². The van der Waals surface area contributed by atoms with Gasteiger partial charge in [-0.25, -0.2) is 4.98 Å². The van der Waals surface area contributed by atoms with E-state index in [1.54, 1.807) is 0 Å². The molecule has 2 heterocycles. The van der Waals surface area contributed by atoms with E-state index in [0.717, 1.165) is 30.9 Å². The van der Waals surface area contributed by atoms with Gasteiger partial charge in [-0.2, -0.15) is 0 Å². The Morgan fingerprint density at radius 2 is 2.58 bits per heavy atom. The lowest BCUT2D eigenvalue weighted by molar-refractivity contribution is 0.141. The third-order valence-corrected chi connectivity index (χ3v) is 2.28. The van der Waals surface area contributed by atoms with Gasteiger partial charge in [0.05, 0.1) is 18.0 Å². The second-order valence-corrected chi connectivity index (χ2v) is 3.24. The summed E-state index contributed by atoms with van der Waals surface area (Å²) in [4.78, 5) is 4.37. The summed E-state index contributed by atoms with van der Waals surface area (Å²) in [6.07, 6.45) is 5.46. The summed E-state index contributed by atoms with van der Waals surface area (Å²) < 4.78 is 2.03. The highest BCUT2D eigenvalue weighted by atomic mass is 16.3. The molecule has 1 aliphatic heterocycles. The van der Waals surface area contributed by atoms with Crippen molar-refractivity contribution in [1.29, 1.82) is 0 Å². The highest BCUT2D eigenvalue weighted by Crippen LogP contribution is 2.14. The summed E-state index contributed by atoms with van der Waals surface area (Å²) in [7, 11) is 0. The Morgan fingerprint density at radius 1 is 1.75 bits per heavy atom. The Kier molecular flexibility index (Phi) is 1.89. The highest BCUT2D eigenvalue weighted by molar-refractivity contribution is 5.05. The first-order chi connectivity index (χ1) is 5.79. The number of imidazole rings is 1. The molecular formula is C9H13N2O. The highest BCUT2D eigenvalue weighted by Gasteiger charge is 2.18. The second-order valence-electron chi connectivity index (χ2n) is 3.24. The van der Waals surface area contributed by atoms with Crippen molar-refractivity contribution in [3.63, 3.8) is 0 Å². The molecule has 3 nitrogen and oxygen atoms in total. The molecule has 1 unspecified atom stereocenters. The van der Waals surface area contributed by atoms with E-state index in [-0.39, 0.29) is 6.10 Å². The second kappa shape index (κ2) is 2.90. The normalized spacial score (nSPS) is 22.3. The number of aromatic nitrogens is 2. The lowest BCUT2D eigenvalue weighted by Gasteiger charge is -2.17. The number of hydrogen-bond donors (Lipinski definition) is 1. The fourth-order valence-electron chi connectivity index (χ4n) is 1.55. The first-order valence-electron chi connectivity index (χ1n) is 4.45. The minimum Gasteiger partial charge on any atom is -0.393 e. The maximum atomic E-state index is 9.37. The molecule has 0 aliphatic carbocycles. The molecule has 0 spiro atoms. The molecule has 1 atom stereocenters. The predicted octanol–water partition coefficient (Wildman–Crippen LogP) is 0.553. The summed E-state index contributed by atoms with van der Waals surface area (Å²) in [6.45, 7) is 2.94. The molecule has 3 heteroatoms. The maximum Gasteiger partial charge on any atom is 0.112 e. The third-order valence-electron chi connectivity index (χ3n) is 2.28. The first-order valence-corrected chi connectivity index (χ1v) is 4.45. The smallest absolute Gasteiger partial charge is 0.112 e. The van der Waals surface area contributed by atoms with Gasteiger partial charge in [0.25, 0.3) is 0 Å². The van der Waals surface area contributed by atoms with Crippen molar-refractivity contribution in [2.45, 2.75) is 38.8 Å². The van der Waals surface area contributed by atoms with E-state index in [2.05, 4.69) is 18.1 Å². The number of hydrogen-bond acceptors (Lipinski definition) is 2.